The summed E-state index contributed by atoms with van der Waals surface area (Å²) >= 11 is 0. The van der Waals surface area contributed by atoms with E-state index < -0.39 is 6.04 Å². The molecule has 26 heavy (non-hydrogen) atoms. The summed E-state index contributed by atoms with van der Waals surface area (Å²) in [6.07, 6.45) is 3.81. The molecule has 1 aromatic carbocycles. The Labute approximate surface area is 153 Å². The minimum absolute atomic E-state index is 0.0868. The number of hydrogen-bond donors (Lipinski definition) is 1. The predicted molar refractivity (Wildman–Crippen MR) is 96.5 cm³/mol. The van der Waals surface area contributed by atoms with Gasteiger partial charge < -0.3 is 14.6 Å². The summed E-state index contributed by atoms with van der Waals surface area (Å²) in [6.45, 7) is 0.862. The molecule has 3 rings (SSSR count). The molecule has 2 aliphatic rings. The molecule has 2 atom stereocenters. The highest BCUT2D eigenvalue weighted by Crippen LogP contribution is 2.37. The molecular formula is C19H26N2O5. The zero-order valence-electron chi connectivity index (χ0n) is 15.3. The van der Waals surface area contributed by atoms with Gasteiger partial charge in [-0.05, 0) is 37.9 Å². The maximum atomic E-state index is 13.1. The first-order valence-electron chi connectivity index (χ1n) is 9.06. The van der Waals surface area contributed by atoms with E-state index in [-0.39, 0.29) is 30.9 Å². The quantitative estimate of drug-likeness (QED) is 0.774. The van der Waals surface area contributed by atoms with Crippen molar-refractivity contribution in [3.63, 3.8) is 0 Å². The van der Waals surface area contributed by atoms with E-state index in [4.69, 9.17) is 9.47 Å². The Hall–Kier alpha value is -2.12. The zero-order valence-corrected chi connectivity index (χ0v) is 15.3. The van der Waals surface area contributed by atoms with Crippen LogP contribution in [0.15, 0.2) is 18.2 Å². The van der Waals surface area contributed by atoms with E-state index >= 15 is 0 Å². The molecule has 0 saturated carbocycles. The molecule has 142 valence electrons. The van der Waals surface area contributed by atoms with E-state index in [1.807, 2.05) is 0 Å². The van der Waals surface area contributed by atoms with Gasteiger partial charge in [0.15, 0.2) is 0 Å². The minimum Gasteiger partial charge on any atom is -0.497 e. The predicted octanol–water partition coefficient (Wildman–Crippen LogP) is 1.57. The number of methoxy groups -OCH3 is 2. The highest BCUT2D eigenvalue weighted by molar-refractivity contribution is 6.23. The van der Waals surface area contributed by atoms with Gasteiger partial charge in [0.1, 0.15) is 11.5 Å². The summed E-state index contributed by atoms with van der Waals surface area (Å²) < 4.78 is 10.6. The maximum Gasteiger partial charge on any atom is 0.251 e. The largest absolute Gasteiger partial charge is 0.497 e. The second-order valence-corrected chi connectivity index (χ2v) is 6.72. The molecule has 0 aromatic heterocycles. The first kappa shape index (κ1) is 18.7. The molecule has 2 aliphatic heterocycles. The fraction of sp³-hybridized carbons (Fsp3) is 0.579. The topological polar surface area (TPSA) is 79.3 Å². The van der Waals surface area contributed by atoms with Crippen LogP contribution >= 0.6 is 0 Å². The minimum atomic E-state index is -0.477. The van der Waals surface area contributed by atoms with E-state index in [2.05, 4.69) is 4.90 Å². The van der Waals surface area contributed by atoms with Crippen molar-refractivity contribution in [1.82, 2.24) is 4.90 Å². The molecule has 2 unspecified atom stereocenters. The van der Waals surface area contributed by atoms with Crippen molar-refractivity contribution in [3.8, 4) is 11.5 Å². The summed E-state index contributed by atoms with van der Waals surface area (Å²) in [6, 6.07) is 4.74. The molecule has 0 radical (unpaired) electrons. The fourth-order valence-electron chi connectivity index (χ4n) is 3.99. The monoisotopic (exact) mass is 362 g/mol. The zero-order chi connectivity index (χ0) is 18.7. The van der Waals surface area contributed by atoms with Crippen LogP contribution < -0.4 is 14.4 Å². The van der Waals surface area contributed by atoms with Crippen LogP contribution in [0.1, 0.15) is 32.1 Å². The highest BCUT2D eigenvalue weighted by Gasteiger charge is 2.45. The number of anilines is 1. The van der Waals surface area contributed by atoms with Crippen LogP contribution in [0.3, 0.4) is 0 Å². The smallest absolute Gasteiger partial charge is 0.251 e. The molecule has 2 saturated heterocycles. The standard InChI is InChI=1S/C19H26N2O5/c1-25-14-6-7-17(26-2)15(11-14)21-18(23)12-16(19(21)24)20-9-4-3-5-13(20)8-10-22/h6-7,11,13,16,22H,3-5,8-10,12H2,1-2H3. The van der Waals surface area contributed by atoms with Gasteiger partial charge >= 0.3 is 0 Å². The number of carbonyl (C=O) groups excluding carboxylic acids is 2. The van der Waals surface area contributed by atoms with E-state index in [9.17, 15) is 14.7 Å². The Morgan fingerprint density at radius 3 is 2.69 bits per heavy atom. The third kappa shape index (κ3) is 3.41. The van der Waals surface area contributed by atoms with Crippen molar-refractivity contribution in [2.24, 2.45) is 0 Å². The number of amides is 2. The first-order chi connectivity index (χ1) is 12.6. The van der Waals surface area contributed by atoms with Gasteiger partial charge in [0.2, 0.25) is 5.91 Å². The molecule has 7 heteroatoms. The molecule has 0 spiro atoms. The fourth-order valence-corrected chi connectivity index (χ4v) is 3.99. The second-order valence-electron chi connectivity index (χ2n) is 6.72. The lowest BCUT2D eigenvalue weighted by molar-refractivity contribution is -0.124. The molecule has 1 aromatic rings. The van der Waals surface area contributed by atoms with Crippen LogP contribution in [0.2, 0.25) is 0 Å². The van der Waals surface area contributed by atoms with Crippen LogP contribution in [0, 0.1) is 0 Å². The number of carbonyl (C=O) groups is 2. The normalized spacial score (nSPS) is 24.2. The van der Waals surface area contributed by atoms with Crippen LogP contribution in [-0.4, -0.2) is 61.3 Å². The van der Waals surface area contributed by atoms with Crippen molar-refractivity contribution < 1.29 is 24.2 Å². The summed E-state index contributed by atoms with van der Waals surface area (Å²) in [4.78, 5) is 29.2. The number of benzene rings is 1. The second kappa shape index (κ2) is 8.05. The lowest BCUT2D eigenvalue weighted by atomic mass is 9.97. The average Bonchev–Trinajstić information content (AvgIpc) is 2.96. The third-order valence-corrected chi connectivity index (χ3v) is 5.29. The number of imide groups is 1. The van der Waals surface area contributed by atoms with E-state index in [1.165, 1.54) is 19.1 Å². The number of piperidine rings is 1. The van der Waals surface area contributed by atoms with Gasteiger partial charge in [0, 0.05) is 18.7 Å². The maximum absolute atomic E-state index is 13.1. The van der Waals surface area contributed by atoms with Gasteiger partial charge in [-0.3, -0.25) is 14.5 Å². The van der Waals surface area contributed by atoms with Crippen molar-refractivity contribution in [3.05, 3.63) is 18.2 Å². The lowest BCUT2D eigenvalue weighted by Crippen LogP contribution is -2.50. The van der Waals surface area contributed by atoms with E-state index in [0.717, 1.165) is 25.8 Å². The van der Waals surface area contributed by atoms with Gasteiger partial charge in [-0.1, -0.05) is 6.42 Å². The van der Waals surface area contributed by atoms with Crippen LogP contribution in [-0.2, 0) is 9.59 Å². The van der Waals surface area contributed by atoms with Gasteiger partial charge in [0.05, 0.1) is 32.4 Å². The molecule has 2 fully saturated rings. The van der Waals surface area contributed by atoms with Crippen molar-refractivity contribution >= 4 is 17.5 Å². The van der Waals surface area contributed by atoms with Crippen LogP contribution in [0.4, 0.5) is 5.69 Å². The first-order valence-corrected chi connectivity index (χ1v) is 9.06. The van der Waals surface area contributed by atoms with Gasteiger partial charge in [-0.2, -0.15) is 0 Å². The lowest BCUT2D eigenvalue weighted by Gasteiger charge is -2.38. The number of aliphatic hydroxyl groups is 1. The van der Waals surface area contributed by atoms with E-state index in [0.29, 0.717) is 23.6 Å². The molecule has 7 nitrogen and oxygen atoms in total. The number of rotatable bonds is 6. The number of nitrogens with zero attached hydrogens (tertiary/aromatic N) is 2. The summed E-state index contributed by atoms with van der Waals surface area (Å²) in [5.74, 6) is 0.547. The summed E-state index contributed by atoms with van der Waals surface area (Å²) in [5.41, 5.74) is 0.417. The Kier molecular flexibility index (Phi) is 5.78. The number of ether oxygens (including phenoxy) is 2. The summed E-state index contributed by atoms with van der Waals surface area (Å²) in [7, 11) is 3.05. The molecular weight excluding hydrogens is 336 g/mol. The Morgan fingerprint density at radius 2 is 2.00 bits per heavy atom. The Bertz CT molecular complexity index is 676. The Balaban J connectivity index is 1.89. The molecule has 1 N–H and O–H groups in total. The van der Waals surface area contributed by atoms with Gasteiger partial charge in [0.25, 0.3) is 5.91 Å². The Morgan fingerprint density at radius 1 is 1.19 bits per heavy atom. The van der Waals surface area contributed by atoms with Gasteiger partial charge in [-0.15, -0.1) is 0 Å². The van der Waals surface area contributed by atoms with Crippen molar-refractivity contribution in [2.45, 2.75) is 44.2 Å². The number of aliphatic hydroxyl groups excluding tert-OH is 1. The number of hydrogen-bond acceptors (Lipinski definition) is 6. The molecule has 0 aliphatic carbocycles. The molecule has 2 amide bonds. The molecule has 2 heterocycles. The van der Waals surface area contributed by atoms with E-state index in [1.54, 1.807) is 18.2 Å². The summed E-state index contributed by atoms with van der Waals surface area (Å²) in [5, 5.41) is 9.33. The van der Waals surface area contributed by atoms with Crippen molar-refractivity contribution in [1.29, 1.82) is 0 Å². The van der Waals surface area contributed by atoms with Crippen LogP contribution in [0.5, 0.6) is 11.5 Å². The SMILES string of the molecule is COc1ccc(OC)c(N2C(=O)CC(N3CCCCC3CCO)C2=O)c1. The van der Waals surface area contributed by atoms with Crippen molar-refractivity contribution in [2.75, 3.05) is 32.3 Å². The van der Waals surface area contributed by atoms with Crippen LogP contribution in [0.25, 0.3) is 0 Å². The number of likely N-dealkylation sites (tertiary alicyclic amines) is 1. The average molecular weight is 362 g/mol. The van der Waals surface area contributed by atoms with Gasteiger partial charge in [-0.25, -0.2) is 4.90 Å². The molecule has 0 bridgehead atoms. The third-order valence-electron chi connectivity index (χ3n) is 5.29. The highest BCUT2D eigenvalue weighted by atomic mass is 16.5.